The maximum Gasteiger partial charge on any atom is 0.133 e. The van der Waals surface area contributed by atoms with Gasteiger partial charge in [-0.1, -0.05) is 29.3 Å². The number of hydrogen-bond donors (Lipinski definition) is 1. The topological polar surface area (TPSA) is 47.0 Å². The van der Waals surface area contributed by atoms with Gasteiger partial charge >= 0.3 is 0 Å². The van der Waals surface area contributed by atoms with Crippen LogP contribution in [0.25, 0.3) is 0 Å². The lowest BCUT2D eigenvalue weighted by Gasteiger charge is -2.08. The number of ether oxygens (including phenoxy) is 1. The summed E-state index contributed by atoms with van der Waals surface area (Å²) < 4.78 is 4.98. The Morgan fingerprint density at radius 3 is 2.67 bits per heavy atom. The predicted molar refractivity (Wildman–Crippen MR) is 84.9 cm³/mol. The average Bonchev–Trinajstić information content (AvgIpc) is 2.48. The van der Waals surface area contributed by atoms with Gasteiger partial charge in [-0.05, 0) is 23.8 Å². The predicted octanol–water partition coefficient (Wildman–Crippen LogP) is 3.11. The molecule has 1 heterocycles. The van der Waals surface area contributed by atoms with Crippen molar-refractivity contribution in [2.24, 2.45) is 0 Å². The molecule has 0 unspecified atom stereocenters. The second-order valence-electron chi connectivity index (χ2n) is 4.51. The van der Waals surface area contributed by atoms with Gasteiger partial charge < -0.3 is 10.1 Å². The van der Waals surface area contributed by atoms with Crippen LogP contribution in [-0.2, 0) is 17.7 Å². The monoisotopic (exact) mass is 325 g/mol. The van der Waals surface area contributed by atoms with Crippen molar-refractivity contribution in [3.63, 3.8) is 0 Å². The Balaban J connectivity index is 2.04. The molecule has 4 nitrogen and oxygen atoms in total. The summed E-state index contributed by atoms with van der Waals surface area (Å²) in [5.41, 5.74) is 1.78. The van der Waals surface area contributed by atoms with Crippen LogP contribution in [-0.4, -0.2) is 30.2 Å². The van der Waals surface area contributed by atoms with Crippen molar-refractivity contribution in [3.8, 4) is 0 Å². The molecule has 6 heteroatoms. The summed E-state index contributed by atoms with van der Waals surface area (Å²) in [6, 6.07) is 7.35. The van der Waals surface area contributed by atoms with Crippen molar-refractivity contribution in [1.29, 1.82) is 0 Å². The first-order chi connectivity index (χ1) is 10.2. The Bertz CT molecular complexity index is 573. The number of methoxy groups -OCH3 is 1. The van der Waals surface area contributed by atoms with E-state index in [4.69, 9.17) is 27.9 Å². The molecule has 0 radical (unpaired) electrons. The molecule has 1 aromatic carbocycles. The van der Waals surface area contributed by atoms with E-state index in [0.29, 0.717) is 35.4 Å². The molecule has 0 fully saturated rings. The van der Waals surface area contributed by atoms with Crippen LogP contribution in [0.1, 0.15) is 17.1 Å². The Morgan fingerprint density at radius 2 is 1.95 bits per heavy atom. The van der Waals surface area contributed by atoms with Crippen LogP contribution in [0.4, 0.5) is 0 Å². The standard InChI is InChI=1S/C15H17Cl2N3O/c1-21-8-7-18-10-11-5-6-19-15(20-11)9-12-13(16)3-2-4-14(12)17/h2-6,18H,7-10H2,1H3. The van der Waals surface area contributed by atoms with E-state index >= 15 is 0 Å². The lowest BCUT2D eigenvalue weighted by Crippen LogP contribution is -2.19. The third-order valence-corrected chi connectivity index (χ3v) is 3.66. The van der Waals surface area contributed by atoms with Gasteiger partial charge in [0.1, 0.15) is 5.82 Å². The zero-order chi connectivity index (χ0) is 15.1. The molecule has 112 valence electrons. The Labute approximate surface area is 134 Å². The highest BCUT2D eigenvalue weighted by molar-refractivity contribution is 6.36. The molecule has 21 heavy (non-hydrogen) atoms. The molecule has 0 aliphatic heterocycles. The molecule has 0 aliphatic carbocycles. The number of benzene rings is 1. The number of rotatable bonds is 7. The van der Waals surface area contributed by atoms with Gasteiger partial charge in [0.15, 0.2) is 0 Å². The first-order valence-electron chi connectivity index (χ1n) is 6.64. The molecule has 1 aromatic heterocycles. The maximum absolute atomic E-state index is 6.17. The largest absolute Gasteiger partial charge is 0.383 e. The Hall–Kier alpha value is -1.20. The smallest absolute Gasteiger partial charge is 0.133 e. The van der Waals surface area contributed by atoms with Crippen LogP contribution in [0.15, 0.2) is 30.5 Å². The van der Waals surface area contributed by atoms with Gasteiger partial charge in [0, 0.05) is 42.9 Å². The molecule has 2 rings (SSSR count). The van der Waals surface area contributed by atoms with Crippen LogP contribution in [0.2, 0.25) is 10.0 Å². The average molecular weight is 326 g/mol. The van der Waals surface area contributed by atoms with Gasteiger partial charge in [-0.3, -0.25) is 0 Å². The van der Waals surface area contributed by atoms with Crippen LogP contribution < -0.4 is 5.32 Å². The van der Waals surface area contributed by atoms with Crippen LogP contribution >= 0.6 is 23.2 Å². The number of aromatic nitrogens is 2. The second kappa shape index (κ2) is 8.29. The Kier molecular flexibility index (Phi) is 6.39. The van der Waals surface area contributed by atoms with Crippen LogP contribution in [0.5, 0.6) is 0 Å². The SMILES string of the molecule is COCCNCc1ccnc(Cc2c(Cl)cccc2Cl)n1. The summed E-state index contributed by atoms with van der Waals surface area (Å²) in [6.45, 7) is 2.13. The van der Waals surface area contributed by atoms with Gasteiger partial charge in [0.05, 0.1) is 12.3 Å². The van der Waals surface area contributed by atoms with Crippen molar-refractivity contribution in [3.05, 3.63) is 57.6 Å². The lowest BCUT2D eigenvalue weighted by atomic mass is 10.1. The lowest BCUT2D eigenvalue weighted by molar-refractivity contribution is 0.199. The van der Waals surface area contributed by atoms with Crippen LogP contribution in [0, 0.1) is 0 Å². The van der Waals surface area contributed by atoms with Crippen LogP contribution in [0.3, 0.4) is 0 Å². The summed E-state index contributed by atoms with van der Waals surface area (Å²) in [5.74, 6) is 0.705. The summed E-state index contributed by atoms with van der Waals surface area (Å²) in [5, 5.41) is 4.52. The molecule has 1 N–H and O–H groups in total. The van der Waals surface area contributed by atoms with E-state index in [0.717, 1.165) is 17.8 Å². The van der Waals surface area contributed by atoms with Gasteiger partial charge in [-0.25, -0.2) is 9.97 Å². The van der Waals surface area contributed by atoms with Crippen molar-refractivity contribution >= 4 is 23.2 Å². The zero-order valence-corrected chi connectivity index (χ0v) is 13.3. The molecular formula is C15H17Cl2N3O. The normalized spacial score (nSPS) is 10.8. The summed E-state index contributed by atoms with van der Waals surface area (Å²) in [7, 11) is 1.68. The molecule has 0 aliphatic rings. The molecule has 0 atom stereocenters. The van der Waals surface area contributed by atoms with E-state index in [2.05, 4.69) is 15.3 Å². The van der Waals surface area contributed by atoms with E-state index in [1.807, 2.05) is 24.3 Å². The van der Waals surface area contributed by atoms with Crippen molar-refractivity contribution in [2.75, 3.05) is 20.3 Å². The van der Waals surface area contributed by atoms with E-state index in [9.17, 15) is 0 Å². The highest BCUT2D eigenvalue weighted by Gasteiger charge is 2.08. The molecule has 2 aromatic rings. The highest BCUT2D eigenvalue weighted by atomic mass is 35.5. The first-order valence-corrected chi connectivity index (χ1v) is 7.39. The fraction of sp³-hybridized carbons (Fsp3) is 0.333. The quantitative estimate of drug-likeness (QED) is 0.794. The summed E-state index contributed by atoms with van der Waals surface area (Å²) >= 11 is 12.3. The Morgan fingerprint density at radius 1 is 1.19 bits per heavy atom. The highest BCUT2D eigenvalue weighted by Crippen LogP contribution is 2.25. The third-order valence-electron chi connectivity index (χ3n) is 2.95. The number of nitrogens with zero attached hydrogens (tertiary/aromatic N) is 2. The molecular weight excluding hydrogens is 309 g/mol. The van der Waals surface area contributed by atoms with Gasteiger partial charge in [-0.15, -0.1) is 0 Å². The number of nitrogens with one attached hydrogen (secondary N) is 1. The van der Waals surface area contributed by atoms with Crippen molar-refractivity contribution in [2.45, 2.75) is 13.0 Å². The molecule has 0 bridgehead atoms. The molecule has 0 saturated heterocycles. The second-order valence-corrected chi connectivity index (χ2v) is 5.33. The van der Waals surface area contributed by atoms with E-state index in [1.165, 1.54) is 0 Å². The maximum atomic E-state index is 6.17. The van der Waals surface area contributed by atoms with Gasteiger partial charge in [0.2, 0.25) is 0 Å². The van der Waals surface area contributed by atoms with E-state index in [-0.39, 0.29) is 0 Å². The molecule has 0 amide bonds. The summed E-state index contributed by atoms with van der Waals surface area (Å²) in [6.07, 6.45) is 2.27. The first kappa shape index (κ1) is 16.2. The molecule has 0 saturated carbocycles. The fourth-order valence-corrected chi connectivity index (χ4v) is 2.41. The van der Waals surface area contributed by atoms with Gasteiger partial charge in [-0.2, -0.15) is 0 Å². The van der Waals surface area contributed by atoms with E-state index in [1.54, 1.807) is 13.3 Å². The minimum atomic E-state index is 0.518. The zero-order valence-electron chi connectivity index (χ0n) is 11.8. The van der Waals surface area contributed by atoms with Gasteiger partial charge in [0.25, 0.3) is 0 Å². The van der Waals surface area contributed by atoms with Crippen molar-refractivity contribution < 1.29 is 4.74 Å². The number of halogens is 2. The van der Waals surface area contributed by atoms with E-state index < -0.39 is 0 Å². The fourth-order valence-electron chi connectivity index (χ4n) is 1.87. The number of hydrogen-bond acceptors (Lipinski definition) is 4. The molecule has 0 spiro atoms. The minimum absolute atomic E-state index is 0.518. The van der Waals surface area contributed by atoms with Crippen molar-refractivity contribution in [1.82, 2.24) is 15.3 Å². The third kappa shape index (κ3) is 4.93. The summed E-state index contributed by atoms with van der Waals surface area (Å²) in [4.78, 5) is 8.80. The minimum Gasteiger partial charge on any atom is -0.383 e.